The number of para-hydroxylation sites is 1. The lowest BCUT2D eigenvalue weighted by Gasteiger charge is -2.23. The van der Waals surface area contributed by atoms with E-state index in [1.54, 1.807) is 24.3 Å². The second-order valence-corrected chi connectivity index (χ2v) is 8.06. The van der Waals surface area contributed by atoms with Crippen molar-refractivity contribution in [1.29, 1.82) is 0 Å². The zero-order valence-corrected chi connectivity index (χ0v) is 17.9. The third-order valence-corrected chi connectivity index (χ3v) is 5.69. The lowest BCUT2D eigenvalue weighted by Crippen LogP contribution is -2.22. The highest BCUT2D eigenvalue weighted by atomic mass is 16.5. The average molecular weight is 415 g/mol. The smallest absolute Gasteiger partial charge is 0.261 e. The summed E-state index contributed by atoms with van der Waals surface area (Å²) < 4.78 is 5.25. The number of anilines is 1. The van der Waals surface area contributed by atoms with Gasteiger partial charge < -0.3 is 4.74 Å². The third kappa shape index (κ3) is 4.33. The number of fused-ring (bicyclic) bond motifs is 1. The molecule has 1 aliphatic carbocycles. The fourth-order valence-corrected chi connectivity index (χ4v) is 3.90. The predicted molar refractivity (Wildman–Crippen MR) is 119 cm³/mol. The molecule has 1 atom stereocenters. The molecule has 0 aliphatic heterocycles. The van der Waals surface area contributed by atoms with E-state index in [2.05, 4.69) is 53.4 Å². The number of aromatic nitrogens is 2. The molecule has 0 bridgehead atoms. The van der Waals surface area contributed by atoms with E-state index >= 15 is 0 Å². The topological polar surface area (TPSA) is 81.2 Å². The first-order valence-electron chi connectivity index (χ1n) is 10.4. The van der Waals surface area contributed by atoms with Crippen LogP contribution in [0.15, 0.2) is 54.7 Å². The summed E-state index contributed by atoms with van der Waals surface area (Å²) in [4.78, 5) is 34.0. The summed E-state index contributed by atoms with van der Waals surface area (Å²) in [5.41, 5.74) is 3.99. The Morgan fingerprint density at radius 1 is 1.10 bits per heavy atom. The van der Waals surface area contributed by atoms with Crippen molar-refractivity contribution >= 4 is 17.6 Å². The number of nitrogens with one attached hydrogen (secondary N) is 1. The quantitative estimate of drug-likeness (QED) is 0.649. The number of carbonyl (C=O) groups excluding carboxylic acids is 2. The average Bonchev–Trinajstić information content (AvgIpc) is 2.78. The van der Waals surface area contributed by atoms with Crippen molar-refractivity contribution in [1.82, 2.24) is 9.97 Å². The molecule has 0 fully saturated rings. The zero-order chi connectivity index (χ0) is 22.0. The number of methoxy groups -OCH3 is 1. The van der Waals surface area contributed by atoms with E-state index in [-0.39, 0.29) is 23.6 Å². The molecule has 4 rings (SSSR count). The molecule has 1 aliphatic rings. The Balaban J connectivity index is 1.56. The minimum absolute atomic E-state index is 0.0294. The first-order valence-corrected chi connectivity index (χ1v) is 10.4. The minimum Gasteiger partial charge on any atom is -0.496 e. The molecule has 31 heavy (non-hydrogen) atoms. The molecule has 0 saturated heterocycles. The lowest BCUT2D eigenvalue weighted by atomic mass is 9.81. The Kier molecular flexibility index (Phi) is 5.80. The summed E-state index contributed by atoms with van der Waals surface area (Å²) >= 11 is 0. The molecule has 0 unspecified atom stereocenters. The predicted octanol–water partition coefficient (Wildman–Crippen LogP) is 4.77. The van der Waals surface area contributed by atoms with Gasteiger partial charge in [-0.1, -0.05) is 50.2 Å². The van der Waals surface area contributed by atoms with Crippen LogP contribution in [0.25, 0.3) is 0 Å². The molecule has 6 heteroatoms. The van der Waals surface area contributed by atoms with Gasteiger partial charge in [0.2, 0.25) is 5.95 Å². The minimum atomic E-state index is -0.361. The van der Waals surface area contributed by atoms with Crippen molar-refractivity contribution < 1.29 is 14.3 Å². The first kappa shape index (κ1) is 20.7. The monoisotopic (exact) mass is 415 g/mol. The number of nitrogens with zero attached hydrogens (tertiary/aromatic N) is 2. The second kappa shape index (κ2) is 8.68. The van der Waals surface area contributed by atoms with Crippen molar-refractivity contribution in [3.63, 3.8) is 0 Å². The maximum atomic E-state index is 12.7. The molecule has 2 aromatic carbocycles. The Hall–Kier alpha value is -3.54. The van der Waals surface area contributed by atoms with Crippen LogP contribution in [0.3, 0.4) is 0 Å². The highest BCUT2D eigenvalue weighted by Crippen LogP contribution is 2.32. The second-order valence-electron chi connectivity index (χ2n) is 8.06. The Morgan fingerprint density at radius 2 is 1.84 bits per heavy atom. The van der Waals surface area contributed by atoms with Crippen molar-refractivity contribution in [2.45, 2.75) is 38.5 Å². The van der Waals surface area contributed by atoms with Crippen LogP contribution in [-0.2, 0) is 6.42 Å². The maximum Gasteiger partial charge on any atom is 0.261 e. The van der Waals surface area contributed by atoms with Crippen LogP contribution < -0.4 is 10.1 Å². The van der Waals surface area contributed by atoms with E-state index in [9.17, 15) is 9.59 Å². The Morgan fingerprint density at radius 3 is 2.55 bits per heavy atom. The number of hydrogen-bond donors (Lipinski definition) is 1. The van der Waals surface area contributed by atoms with Crippen molar-refractivity contribution in [2.24, 2.45) is 0 Å². The SMILES string of the molecule is COc1ccccc1C(=O)Nc1ncc2c(n1)C[C@@H](c1ccc(C(C)C)cc1)CC2=O. The molecular formula is C25H25N3O3. The number of amides is 1. The van der Waals surface area contributed by atoms with Gasteiger partial charge in [-0.05, 0) is 41.5 Å². The van der Waals surface area contributed by atoms with Crippen LogP contribution in [0.5, 0.6) is 5.75 Å². The van der Waals surface area contributed by atoms with Gasteiger partial charge in [-0.25, -0.2) is 9.97 Å². The van der Waals surface area contributed by atoms with E-state index in [0.29, 0.717) is 41.3 Å². The molecule has 1 amide bonds. The summed E-state index contributed by atoms with van der Waals surface area (Å²) in [6.07, 6.45) is 2.58. The summed E-state index contributed by atoms with van der Waals surface area (Å²) in [7, 11) is 1.51. The third-order valence-electron chi connectivity index (χ3n) is 5.69. The number of Topliss-reactive ketones (excluding diaryl/α,β-unsaturated/α-hetero) is 1. The number of ether oxygens (including phenoxy) is 1. The normalized spacial score (nSPS) is 15.5. The van der Waals surface area contributed by atoms with Gasteiger partial charge in [0.1, 0.15) is 5.75 Å². The molecule has 1 N–H and O–H groups in total. The Bertz CT molecular complexity index is 1120. The van der Waals surface area contributed by atoms with Gasteiger partial charge in [0, 0.05) is 12.6 Å². The first-order chi connectivity index (χ1) is 15.0. The highest BCUT2D eigenvalue weighted by molar-refractivity contribution is 6.05. The van der Waals surface area contributed by atoms with Crippen LogP contribution in [0.1, 0.15) is 69.6 Å². The van der Waals surface area contributed by atoms with E-state index in [1.165, 1.54) is 18.9 Å². The van der Waals surface area contributed by atoms with E-state index < -0.39 is 0 Å². The molecular weight excluding hydrogens is 390 g/mol. The number of ketones is 1. The van der Waals surface area contributed by atoms with Crippen molar-refractivity contribution in [3.05, 3.63) is 82.7 Å². The standard InChI is InChI=1S/C25H25N3O3/c1-15(2)16-8-10-17(11-9-16)18-12-21-20(22(29)13-18)14-26-25(27-21)28-24(30)19-6-4-5-7-23(19)31-3/h4-11,14-15,18H,12-13H2,1-3H3,(H,26,27,28,30)/t18-/m1/s1. The number of benzene rings is 2. The van der Waals surface area contributed by atoms with E-state index in [0.717, 1.165) is 5.56 Å². The summed E-state index contributed by atoms with van der Waals surface area (Å²) in [6, 6.07) is 15.4. The molecule has 6 nitrogen and oxygen atoms in total. The van der Waals surface area contributed by atoms with E-state index in [1.807, 2.05) is 0 Å². The van der Waals surface area contributed by atoms with Crippen LogP contribution in [0.2, 0.25) is 0 Å². The molecule has 0 saturated carbocycles. The fourth-order valence-electron chi connectivity index (χ4n) is 3.90. The van der Waals surface area contributed by atoms with Crippen LogP contribution in [0.4, 0.5) is 5.95 Å². The van der Waals surface area contributed by atoms with Gasteiger partial charge >= 0.3 is 0 Å². The molecule has 1 heterocycles. The van der Waals surface area contributed by atoms with Gasteiger partial charge in [-0.3, -0.25) is 14.9 Å². The van der Waals surface area contributed by atoms with Crippen LogP contribution >= 0.6 is 0 Å². The summed E-state index contributed by atoms with van der Waals surface area (Å²) in [6.45, 7) is 4.32. The molecule has 1 aromatic heterocycles. The van der Waals surface area contributed by atoms with Crippen molar-refractivity contribution in [2.75, 3.05) is 12.4 Å². The highest BCUT2D eigenvalue weighted by Gasteiger charge is 2.28. The largest absolute Gasteiger partial charge is 0.496 e. The maximum absolute atomic E-state index is 12.7. The molecule has 0 spiro atoms. The van der Waals surface area contributed by atoms with Gasteiger partial charge in [-0.2, -0.15) is 0 Å². The molecule has 158 valence electrons. The molecule has 3 aromatic rings. The zero-order valence-electron chi connectivity index (χ0n) is 17.9. The van der Waals surface area contributed by atoms with Crippen molar-refractivity contribution in [3.8, 4) is 5.75 Å². The Labute approximate surface area is 181 Å². The molecule has 0 radical (unpaired) electrons. The van der Waals surface area contributed by atoms with Gasteiger partial charge in [0.15, 0.2) is 5.78 Å². The summed E-state index contributed by atoms with van der Waals surface area (Å²) in [5, 5.41) is 2.72. The van der Waals surface area contributed by atoms with Gasteiger partial charge in [0.25, 0.3) is 5.91 Å². The fraction of sp³-hybridized carbons (Fsp3) is 0.280. The van der Waals surface area contributed by atoms with Crippen LogP contribution in [-0.4, -0.2) is 28.8 Å². The van der Waals surface area contributed by atoms with Gasteiger partial charge in [0.05, 0.1) is 23.9 Å². The number of carbonyl (C=O) groups is 2. The van der Waals surface area contributed by atoms with E-state index in [4.69, 9.17) is 4.74 Å². The number of hydrogen-bond acceptors (Lipinski definition) is 5. The number of rotatable bonds is 5. The van der Waals surface area contributed by atoms with Crippen LogP contribution in [0, 0.1) is 0 Å². The lowest BCUT2D eigenvalue weighted by molar-refractivity contribution is 0.0962. The van der Waals surface area contributed by atoms with Gasteiger partial charge in [-0.15, -0.1) is 0 Å². The summed E-state index contributed by atoms with van der Waals surface area (Å²) in [5.74, 6) is 0.845.